The molecule has 1 nitrogen and oxygen atoms in total. The molecule has 0 spiro atoms. The average molecular weight is 198 g/mol. The van der Waals surface area contributed by atoms with Crippen LogP contribution in [-0.4, -0.2) is 5.11 Å². The fourth-order valence-electron chi connectivity index (χ4n) is 1.59. The Bertz CT molecular complexity index is 218. The Morgan fingerprint density at radius 3 is 2.85 bits per heavy atom. The topological polar surface area (TPSA) is 20.2 Å². The van der Waals surface area contributed by atoms with Gasteiger partial charge in [0, 0.05) is 4.88 Å². The van der Waals surface area contributed by atoms with Crippen molar-refractivity contribution >= 4 is 11.3 Å². The Labute approximate surface area is 84.4 Å². The zero-order valence-electron chi connectivity index (χ0n) is 8.36. The molecule has 74 valence electrons. The summed E-state index contributed by atoms with van der Waals surface area (Å²) < 4.78 is 0. The van der Waals surface area contributed by atoms with Crippen LogP contribution in [0.2, 0.25) is 0 Å². The van der Waals surface area contributed by atoms with E-state index in [1.807, 2.05) is 17.5 Å². The SMILES string of the molecule is CCCC(C)CC(O)c1cccs1. The summed E-state index contributed by atoms with van der Waals surface area (Å²) in [5, 5.41) is 11.8. The molecule has 0 fully saturated rings. The molecule has 0 amide bonds. The number of aliphatic hydroxyl groups excluding tert-OH is 1. The van der Waals surface area contributed by atoms with E-state index < -0.39 is 0 Å². The van der Waals surface area contributed by atoms with Crippen molar-refractivity contribution in [3.63, 3.8) is 0 Å². The zero-order chi connectivity index (χ0) is 9.68. The van der Waals surface area contributed by atoms with Gasteiger partial charge in [-0.2, -0.15) is 0 Å². The second-order valence-corrected chi connectivity index (χ2v) is 4.64. The molecular weight excluding hydrogens is 180 g/mol. The van der Waals surface area contributed by atoms with E-state index >= 15 is 0 Å². The van der Waals surface area contributed by atoms with Crippen molar-refractivity contribution in [1.82, 2.24) is 0 Å². The Hall–Kier alpha value is -0.340. The van der Waals surface area contributed by atoms with Crippen molar-refractivity contribution in [3.05, 3.63) is 22.4 Å². The van der Waals surface area contributed by atoms with Gasteiger partial charge in [0.15, 0.2) is 0 Å². The molecule has 13 heavy (non-hydrogen) atoms. The lowest BCUT2D eigenvalue weighted by atomic mass is 9.98. The first kappa shape index (κ1) is 10.7. The van der Waals surface area contributed by atoms with E-state index in [4.69, 9.17) is 0 Å². The lowest BCUT2D eigenvalue weighted by molar-refractivity contribution is 0.148. The Balaban J connectivity index is 2.37. The lowest BCUT2D eigenvalue weighted by Crippen LogP contribution is -2.02. The van der Waals surface area contributed by atoms with E-state index in [9.17, 15) is 5.11 Å². The van der Waals surface area contributed by atoms with Gasteiger partial charge in [-0.1, -0.05) is 32.8 Å². The largest absolute Gasteiger partial charge is 0.388 e. The molecule has 0 aliphatic heterocycles. The molecule has 0 aliphatic carbocycles. The Morgan fingerprint density at radius 2 is 2.31 bits per heavy atom. The number of thiophene rings is 1. The average Bonchev–Trinajstić information content (AvgIpc) is 2.55. The third-order valence-corrected chi connectivity index (χ3v) is 3.25. The smallest absolute Gasteiger partial charge is 0.0884 e. The predicted molar refractivity (Wildman–Crippen MR) is 58.0 cm³/mol. The highest BCUT2D eigenvalue weighted by Crippen LogP contribution is 2.26. The van der Waals surface area contributed by atoms with Crippen LogP contribution in [0.25, 0.3) is 0 Å². The second kappa shape index (κ2) is 5.40. The fraction of sp³-hybridized carbons (Fsp3) is 0.636. The molecule has 1 aromatic heterocycles. The molecule has 0 bridgehead atoms. The molecule has 1 rings (SSSR count). The van der Waals surface area contributed by atoms with Crippen LogP contribution in [0.4, 0.5) is 0 Å². The standard InChI is InChI=1S/C11H18OS/c1-3-5-9(2)8-10(12)11-6-4-7-13-11/h4,6-7,9-10,12H,3,5,8H2,1-2H3. The number of hydrogen-bond acceptors (Lipinski definition) is 2. The summed E-state index contributed by atoms with van der Waals surface area (Å²) in [6, 6.07) is 4.00. The molecule has 2 unspecified atom stereocenters. The van der Waals surface area contributed by atoms with Gasteiger partial charge in [0.05, 0.1) is 6.10 Å². The van der Waals surface area contributed by atoms with Gasteiger partial charge < -0.3 is 5.11 Å². The summed E-state index contributed by atoms with van der Waals surface area (Å²) in [5.74, 6) is 0.627. The molecule has 0 saturated carbocycles. The van der Waals surface area contributed by atoms with Crippen molar-refractivity contribution in [3.8, 4) is 0 Å². The molecule has 0 aromatic carbocycles. The van der Waals surface area contributed by atoms with Gasteiger partial charge in [-0.25, -0.2) is 0 Å². The van der Waals surface area contributed by atoms with Crippen molar-refractivity contribution in [1.29, 1.82) is 0 Å². The molecule has 0 aliphatic rings. The van der Waals surface area contributed by atoms with E-state index in [1.165, 1.54) is 12.8 Å². The van der Waals surface area contributed by atoms with E-state index in [2.05, 4.69) is 13.8 Å². The predicted octanol–water partition coefficient (Wildman–Crippen LogP) is 3.61. The van der Waals surface area contributed by atoms with Crippen molar-refractivity contribution in [2.45, 2.75) is 39.2 Å². The van der Waals surface area contributed by atoms with Gasteiger partial charge >= 0.3 is 0 Å². The quantitative estimate of drug-likeness (QED) is 0.766. The fourth-order valence-corrected chi connectivity index (χ4v) is 2.31. The van der Waals surface area contributed by atoms with Crippen LogP contribution in [0.1, 0.15) is 44.1 Å². The maximum absolute atomic E-state index is 9.82. The molecule has 0 saturated heterocycles. The van der Waals surface area contributed by atoms with Crippen LogP contribution >= 0.6 is 11.3 Å². The number of hydrogen-bond donors (Lipinski definition) is 1. The summed E-state index contributed by atoms with van der Waals surface area (Å²) in [7, 11) is 0. The van der Waals surface area contributed by atoms with Gasteiger partial charge in [0.1, 0.15) is 0 Å². The van der Waals surface area contributed by atoms with Gasteiger partial charge in [-0.3, -0.25) is 0 Å². The first-order valence-corrected chi connectivity index (χ1v) is 5.83. The summed E-state index contributed by atoms with van der Waals surface area (Å²) in [4.78, 5) is 1.10. The molecule has 1 N–H and O–H groups in total. The van der Waals surface area contributed by atoms with Crippen LogP contribution in [0, 0.1) is 5.92 Å². The lowest BCUT2D eigenvalue weighted by Gasteiger charge is -2.14. The van der Waals surface area contributed by atoms with E-state index in [-0.39, 0.29) is 6.10 Å². The third kappa shape index (κ3) is 3.49. The van der Waals surface area contributed by atoms with Gasteiger partial charge in [-0.05, 0) is 23.8 Å². The van der Waals surface area contributed by atoms with Gasteiger partial charge in [0.2, 0.25) is 0 Å². The molecular formula is C11H18OS. The molecule has 1 aromatic rings. The van der Waals surface area contributed by atoms with Gasteiger partial charge in [-0.15, -0.1) is 11.3 Å². The molecule has 2 heteroatoms. The maximum atomic E-state index is 9.82. The first-order valence-electron chi connectivity index (χ1n) is 4.95. The van der Waals surface area contributed by atoms with Crippen LogP contribution < -0.4 is 0 Å². The van der Waals surface area contributed by atoms with E-state index in [0.29, 0.717) is 5.92 Å². The minimum absolute atomic E-state index is 0.249. The monoisotopic (exact) mass is 198 g/mol. The van der Waals surface area contributed by atoms with E-state index in [1.54, 1.807) is 11.3 Å². The van der Waals surface area contributed by atoms with Gasteiger partial charge in [0.25, 0.3) is 0 Å². The Morgan fingerprint density at radius 1 is 1.54 bits per heavy atom. The highest BCUT2D eigenvalue weighted by molar-refractivity contribution is 7.10. The minimum Gasteiger partial charge on any atom is -0.388 e. The van der Waals surface area contributed by atoms with Crippen molar-refractivity contribution < 1.29 is 5.11 Å². The van der Waals surface area contributed by atoms with E-state index in [0.717, 1.165) is 11.3 Å². The normalized spacial score (nSPS) is 15.6. The van der Waals surface area contributed by atoms with Crippen LogP contribution in [-0.2, 0) is 0 Å². The molecule has 2 atom stereocenters. The number of aliphatic hydroxyl groups is 1. The highest BCUT2D eigenvalue weighted by atomic mass is 32.1. The number of rotatable bonds is 5. The minimum atomic E-state index is -0.249. The van der Waals surface area contributed by atoms with Crippen molar-refractivity contribution in [2.75, 3.05) is 0 Å². The van der Waals surface area contributed by atoms with Crippen molar-refractivity contribution in [2.24, 2.45) is 5.92 Å². The maximum Gasteiger partial charge on any atom is 0.0884 e. The highest BCUT2D eigenvalue weighted by Gasteiger charge is 2.12. The third-order valence-electron chi connectivity index (χ3n) is 2.28. The summed E-state index contributed by atoms with van der Waals surface area (Å²) in [6.07, 6.45) is 3.07. The Kier molecular flexibility index (Phi) is 4.46. The summed E-state index contributed by atoms with van der Waals surface area (Å²) in [5.41, 5.74) is 0. The molecule has 1 heterocycles. The summed E-state index contributed by atoms with van der Waals surface area (Å²) >= 11 is 1.64. The first-order chi connectivity index (χ1) is 6.24. The van der Waals surface area contributed by atoms with Crippen LogP contribution in [0.15, 0.2) is 17.5 Å². The second-order valence-electron chi connectivity index (χ2n) is 3.66. The van der Waals surface area contributed by atoms with Crippen LogP contribution in [0.3, 0.4) is 0 Å². The molecule has 0 radical (unpaired) electrons. The van der Waals surface area contributed by atoms with Crippen LogP contribution in [0.5, 0.6) is 0 Å². The zero-order valence-corrected chi connectivity index (χ0v) is 9.18. The summed E-state index contributed by atoms with van der Waals surface area (Å²) in [6.45, 7) is 4.40.